The van der Waals surface area contributed by atoms with Crippen LogP contribution < -0.4 is 16.0 Å². The Morgan fingerprint density at radius 2 is 2.05 bits per heavy atom. The summed E-state index contributed by atoms with van der Waals surface area (Å²) in [5, 5.41) is 8.69. The minimum Gasteiger partial charge on any atom is -0.353 e. The van der Waals surface area contributed by atoms with E-state index in [0.717, 1.165) is 10.3 Å². The second-order valence-corrected chi connectivity index (χ2v) is 6.97. The summed E-state index contributed by atoms with van der Waals surface area (Å²) in [5.41, 5.74) is 0. The molecule has 0 fully saturated rings. The third kappa shape index (κ3) is 5.60. The van der Waals surface area contributed by atoms with E-state index in [4.69, 9.17) is 0 Å². The fourth-order valence-electron chi connectivity index (χ4n) is 1.60. The first-order valence-corrected chi connectivity index (χ1v) is 8.12. The molecule has 0 bridgehead atoms. The van der Waals surface area contributed by atoms with Gasteiger partial charge in [-0.15, -0.1) is 11.3 Å². The molecule has 2 amide bonds. The Morgan fingerprint density at radius 3 is 2.60 bits per heavy atom. The Bertz CT molecular complexity index is 464. The van der Waals surface area contributed by atoms with Crippen LogP contribution >= 0.6 is 27.3 Å². The van der Waals surface area contributed by atoms with Gasteiger partial charge in [0, 0.05) is 12.6 Å². The van der Waals surface area contributed by atoms with E-state index in [1.165, 1.54) is 11.3 Å². The van der Waals surface area contributed by atoms with Crippen molar-refractivity contribution in [1.82, 2.24) is 16.0 Å². The topological polar surface area (TPSA) is 70.2 Å². The van der Waals surface area contributed by atoms with Gasteiger partial charge in [0.2, 0.25) is 5.91 Å². The molecule has 1 aromatic heterocycles. The number of nitrogens with one attached hydrogen (secondary N) is 3. The van der Waals surface area contributed by atoms with Crippen LogP contribution in [0, 0.1) is 0 Å². The Morgan fingerprint density at radius 1 is 1.35 bits per heavy atom. The molecule has 0 aliphatic rings. The molecule has 5 nitrogen and oxygen atoms in total. The van der Waals surface area contributed by atoms with E-state index in [1.54, 1.807) is 13.0 Å². The molecule has 2 atom stereocenters. The fourth-order valence-corrected chi connectivity index (χ4v) is 2.89. The lowest BCUT2D eigenvalue weighted by Gasteiger charge is -2.17. The predicted molar refractivity (Wildman–Crippen MR) is 85.1 cm³/mol. The smallest absolute Gasteiger partial charge is 0.262 e. The van der Waals surface area contributed by atoms with Crippen LogP contribution in [0.1, 0.15) is 30.4 Å². The highest BCUT2D eigenvalue weighted by Crippen LogP contribution is 2.21. The molecule has 3 N–H and O–H groups in total. The van der Waals surface area contributed by atoms with Crippen LogP contribution in [0.4, 0.5) is 0 Å². The number of hydrogen-bond acceptors (Lipinski definition) is 4. The van der Waals surface area contributed by atoms with Gasteiger partial charge in [0.1, 0.15) is 6.04 Å². The molecule has 0 aromatic carbocycles. The van der Waals surface area contributed by atoms with Gasteiger partial charge >= 0.3 is 0 Å². The fraction of sp³-hybridized carbons (Fsp3) is 0.538. The zero-order valence-corrected chi connectivity index (χ0v) is 14.2. The molecule has 1 rings (SSSR count). The standard InChI is InChI=1S/C13H20BrN3O2S/c1-4-15-8(2)7-16-12(18)9(3)17-13(19)10-5-6-11(14)20-10/h5-6,8-9,15H,4,7H2,1-3H3,(H,16,18)(H,17,19)/t8-,9?/m1/s1. The largest absolute Gasteiger partial charge is 0.353 e. The van der Waals surface area contributed by atoms with Crippen molar-refractivity contribution in [3.8, 4) is 0 Å². The van der Waals surface area contributed by atoms with E-state index < -0.39 is 6.04 Å². The van der Waals surface area contributed by atoms with Gasteiger partial charge in [-0.3, -0.25) is 9.59 Å². The van der Waals surface area contributed by atoms with Crippen LogP contribution in [0.5, 0.6) is 0 Å². The maximum Gasteiger partial charge on any atom is 0.262 e. The zero-order chi connectivity index (χ0) is 15.1. The number of amides is 2. The van der Waals surface area contributed by atoms with Crippen LogP contribution in [0.2, 0.25) is 0 Å². The SMILES string of the molecule is CCN[C@H](C)CNC(=O)C(C)NC(=O)c1ccc(Br)s1. The third-order valence-corrected chi connectivity index (χ3v) is 4.30. The third-order valence-electron chi connectivity index (χ3n) is 2.67. The lowest BCUT2D eigenvalue weighted by Crippen LogP contribution is -2.48. The molecule has 0 aliphatic heterocycles. The number of halogens is 1. The minimum absolute atomic E-state index is 0.182. The Hall–Kier alpha value is -0.920. The molecular weight excluding hydrogens is 342 g/mol. The van der Waals surface area contributed by atoms with E-state index in [2.05, 4.69) is 31.9 Å². The summed E-state index contributed by atoms with van der Waals surface area (Å²) in [6, 6.07) is 3.18. The average molecular weight is 362 g/mol. The number of carbonyl (C=O) groups excluding carboxylic acids is 2. The average Bonchev–Trinajstić information content (AvgIpc) is 2.83. The van der Waals surface area contributed by atoms with E-state index in [9.17, 15) is 9.59 Å². The summed E-state index contributed by atoms with van der Waals surface area (Å²) in [6.45, 7) is 7.08. The molecule has 0 radical (unpaired) electrons. The lowest BCUT2D eigenvalue weighted by molar-refractivity contribution is -0.122. The van der Waals surface area contributed by atoms with Crippen molar-refractivity contribution >= 4 is 39.1 Å². The monoisotopic (exact) mass is 361 g/mol. The summed E-state index contributed by atoms with van der Waals surface area (Å²) in [4.78, 5) is 24.3. The van der Waals surface area contributed by atoms with Gasteiger partial charge < -0.3 is 16.0 Å². The molecule has 0 saturated carbocycles. The van der Waals surface area contributed by atoms with E-state index >= 15 is 0 Å². The van der Waals surface area contributed by atoms with Crippen LogP contribution in [0.25, 0.3) is 0 Å². The molecule has 0 saturated heterocycles. The van der Waals surface area contributed by atoms with Crippen molar-refractivity contribution in [2.45, 2.75) is 32.9 Å². The van der Waals surface area contributed by atoms with Crippen molar-refractivity contribution in [1.29, 1.82) is 0 Å². The highest BCUT2D eigenvalue weighted by atomic mass is 79.9. The Kier molecular flexibility index (Phi) is 7.18. The van der Waals surface area contributed by atoms with Gasteiger partial charge in [-0.1, -0.05) is 6.92 Å². The number of hydrogen-bond donors (Lipinski definition) is 3. The summed E-state index contributed by atoms with van der Waals surface area (Å²) in [5.74, 6) is -0.415. The van der Waals surface area contributed by atoms with Crippen LogP contribution in [-0.2, 0) is 4.79 Å². The zero-order valence-electron chi connectivity index (χ0n) is 11.8. The molecule has 7 heteroatoms. The number of carbonyl (C=O) groups is 2. The number of likely N-dealkylation sites (N-methyl/N-ethyl adjacent to an activating group) is 1. The van der Waals surface area contributed by atoms with Gasteiger partial charge in [0.15, 0.2) is 0 Å². The minimum atomic E-state index is -0.558. The van der Waals surface area contributed by atoms with Crippen molar-refractivity contribution in [2.75, 3.05) is 13.1 Å². The van der Waals surface area contributed by atoms with Gasteiger partial charge in [-0.2, -0.15) is 0 Å². The van der Waals surface area contributed by atoms with Gasteiger partial charge in [0.25, 0.3) is 5.91 Å². The normalized spacial score (nSPS) is 13.6. The first-order chi connectivity index (χ1) is 9.43. The van der Waals surface area contributed by atoms with Gasteiger partial charge in [0.05, 0.1) is 8.66 Å². The van der Waals surface area contributed by atoms with Crippen LogP contribution in [0.15, 0.2) is 15.9 Å². The van der Waals surface area contributed by atoms with Crippen molar-refractivity contribution in [2.24, 2.45) is 0 Å². The number of thiophene rings is 1. The first kappa shape index (κ1) is 17.1. The maximum absolute atomic E-state index is 11.9. The summed E-state index contributed by atoms with van der Waals surface area (Å²) >= 11 is 4.64. The maximum atomic E-state index is 11.9. The van der Waals surface area contributed by atoms with Gasteiger partial charge in [-0.25, -0.2) is 0 Å². The second kappa shape index (κ2) is 8.39. The van der Waals surface area contributed by atoms with Crippen molar-refractivity contribution < 1.29 is 9.59 Å². The first-order valence-electron chi connectivity index (χ1n) is 6.51. The molecule has 20 heavy (non-hydrogen) atoms. The molecule has 112 valence electrons. The highest BCUT2D eigenvalue weighted by Gasteiger charge is 2.17. The van der Waals surface area contributed by atoms with Crippen molar-refractivity contribution in [3.63, 3.8) is 0 Å². The molecule has 1 heterocycles. The van der Waals surface area contributed by atoms with Crippen molar-refractivity contribution in [3.05, 3.63) is 20.8 Å². The predicted octanol–water partition coefficient (Wildman–Crippen LogP) is 1.74. The lowest BCUT2D eigenvalue weighted by atomic mass is 10.2. The van der Waals surface area contributed by atoms with E-state index in [0.29, 0.717) is 11.4 Å². The van der Waals surface area contributed by atoms with Crippen LogP contribution in [-0.4, -0.2) is 37.0 Å². The molecule has 1 aromatic rings. The molecule has 0 spiro atoms. The van der Waals surface area contributed by atoms with E-state index in [-0.39, 0.29) is 17.9 Å². The molecule has 0 aliphatic carbocycles. The molecule has 1 unspecified atom stereocenters. The highest BCUT2D eigenvalue weighted by molar-refractivity contribution is 9.11. The summed E-state index contributed by atoms with van der Waals surface area (Å²) < 4.78 is 0.888. The Balaban J connectivity index is 2.39. The van der Waals surface area contributed by atoms with Crippen LogP contribution in [0.3, 0.4) is 0 Å². The second-order valence-electron chi connectivity index (χ2n) is 4.50. The number of rotatable bonds is 7. The van der Waals surface area contributed by atoms with Gasteiger partial charge in [-0.05, 0) is 48.5 Å². The van der Waals surface area contributed by atoms with E-state index in [1.807, 2.05) is 19.9 Å². The summed E-state index contributed by atoms with van der Waals surface area (Å²) in [6.07, 6.45) is 0. The Labute approximate surface area is 131 Å². The summed E-state index contributed by atoms with van der Waals surface area (Å²) in [7, 11) is 0. The quantitative estimate of drug-likeness (QED) is 0.692. The molecular formula is C13H20BrN3O2S.